The van der Waals surface area contributed by atoms with Crippen molar-refractivity contribution in [1.29, 1.82) is 0 Å². The maximum Gasteiger partial charge on any atom is 0.306 e. The maximum absolute atomic E-state index is 10.8. The van der Waals surface area contributed by atoms with E-state index in [1.165, 1.54) is 0 Å². The minimum absolute atomic E-state index is 0.386. The Hall–Kier alpha value is -0.840. The Morgan fingerprint density at radius 1 is 1.67 bits per heavy atom. The van der Waals surface area contributed by atoms with Crippen molar-refractivity contribution in [1.82, 2.24) is 9.78 Å². The van der Waals surface area contributed by atoms with Crippen LogP contribution in [0.25, 0.3) is 0 Å². The Kier molecular flexibility index (Phi) is 3.90. The predicted octanol–water partition coefficient (Wildman–Crippen LogP) is 2.24. The Morgan fingerprint density at radius 2 is 2.27 bits per heavy atom. The number of carboxylic acids is 1. The number of rotatable bonds is 4. The lowest BCUT2D eigenvalue weighted by molar-refractivity contribution is -0.141. The molecule has 0 saturated heterocycles. The summed E-state index contributed by atoms with van der Waals surface area (Å²) in [5, 5.41) is 13.2. The summed E-state index contributed by atoms with van der Waals surface area (Å²) in [4.78, 5) is 10.8. The van der Waals surface area contributed by atoms with Gasteiger partial charge < -0.3 is 5.11 Å². The Labute approximate surface area is 97.4 Å². The highest BCUT2D eigenvalue weighted by Crippen LogP contribution is 2.23. The summed E-state index contributed by atoms with van der Waals surface area (Å²) in [6.07, 6.45) is 0.505. The molecular weight excluding hydrogens is 260 g/mol. The van der Waals surface area contributed by atoms with Crippen molar-refractivity contribution in [3.8, 4) is 0 Å². The molecule has 1 heterocycles. The van der Waals surface area contributed by atoms with Gasteiger partial charge in [0.05, 0.1) is 21.8 Å². The molecule has 0 spiro atoms. The number of carbonyl (C=O) groups is 1. The molecule has 0 saturated carbocycles. The SMILES string of the molecule is CCn1nc(C)c(Br)c1CC(C)C(=O)O. The minimum Gasteiger partial charge on any atom is -0.481 e. The van der Waals surface area contributed by atoms with Crippen molar-refractivity contribution in [3.05, 3.63) is 15.9 Å². The van der Waals surface area contributed by atoms with Crippen LogP contribution in [0.5, 0.6) is 0 Å². The van der Waals surface area contributed by atoms with Gasteiger partial charge >= 0.3 is 5.97 Å². The van der Waals surface area contributed by atoms with Gasteiger partial charge in [0.2, 0.25) is 0 Å². The Balaban J connectivity index is 2.97. The zero-order chi connectivity index (χ0) is 11.6. The van der Waals surface area contributed by atoms with Crippen LogP contribution in [0.1, 0.15) is 25.2 Å². The number of aliphatic carboxylic acids is 1. The van der Waals surface area contributed by atoms with E-state index in [9.17, 15) is 4.79 Å². The third kappa shape index (κ3) is 2.59. The smallest absolute Gasteiger partial charge is 0.306 e. The molecule has 1 atom stereocenters. The molecule has 0 amide bonds. The van der Waals surface area contributed by atoms with E-state index in [1.54, 1.807) is 6.92 Å². The van der Waals surface area contributed by atoms with Gasteiger partial charge in [0.15, 0.2) is 0 Å². The minimum atomic E-state index is -0.775. The predicted molar refractivity (Wildman–Crippen MR) is 60.8 cm³/mol. The molecule has 4 nitrogen and oxygen atoms in total. The molecule has 0 bridgehead atoms. The van der Waals surface area contributed by atoms with Crippen LogP contribution < -0.4 is 0 Å². The summed E-state index contributed by atoms with van der Waals surface area (Å²) in [5.41, 5.74) is 1.87. The number of halogens is 1. The van der Waals surface area contributed by atoms with Crippen molar-refractivity contribution in [3.63, 3.8) is 0 Å². The van der Waals surface area contributed by atoms with Gasteiger partial charge in [-0.05, 0) is 29.8 Å². The molecule has 1 N–H and O–H groups in total. The van der Waals surface area contributed by atoms with Gasteiger partial charge in [-0.3, -0.25) is 9.48 Å². The summed E-state index contributed by atoms with van der Waals surface area (Å²) in [6, 6.07) is 0. The van der Waals surface area contributed by atoms with Gasteiger partial charge in [-0.25, -0.2) is 0 Å². The Bertz CT molecular complexity index is 374. The van der Waals surface area contributed by atoms with E-state index in [0.29, 0.717) is 6.42 Å². The van der Waals surface area contributed by atoms with Crippen LogP contribution in [0.15, 0.2) is 4.47 Å². The van der Waals surface area contributed by atoms with Gasteiger partial charge in [0.25, 0.3) is 0 Å². The number of hydrogen-bond acceptors (Lipinski definition) is 2. The first-order valence-electron chi connectivity index (χ1n) is 4.92. The fraction of sp³-hybridized carbons (Fsp3) is 0.600. The molecule has 0 aliphatic heterocycles. The summed E-state index contributed by atoms with van der Waals surface area (Å²) < 4.78 is 2.77. The standard InChI is InChI=1S/C10H15BrN2O2/c1-4-13-8(5-6(2)10(14)15)9(11)7(3)12-13/h6H,4-5H2,1-3H3,(H,14,15). The van der Waals surface area contributed by atoms with E-state index in [0.717, 1.165) is 22.4 Å². The van der Waals surface area contributed by atoms with Gasteiger partial charge in [-0.15, -0.1) is 0 Å². The summed E-state index contributed by atoms with van der Waals surface area (Å²) in [6.45, 7) is 6.37. The van der Waals surface area contributed by atoms with E-state index in [-0.39, 0.29) is 5.92 Å². The van der Waals surface area contributed by atoms with Crippen molar-refractivity contribution in [2.24, 2.45) is 5.92 Å². The first kappa shape index (κ1) is 12.2. The quantitative estimate of drug-likeness (QED) is 0.916. The monoisotopic (exact) mass is 274 g/mol. The second-order valence-electron chi connectivity index (χ2n) is 3.61. The highest BCUT2D eigenvalue weighted by molar-refractivity contribution is 9.10. The van der Waals surface area contributed by atoms with Crippen LogP contribution in [-0.2, 0) is 17.8 Å². The lowest BCUT2D eigenvalue weighted by Gasteiger charge is -2.08. The fourth-order valence-electron chi connectivity index (χ4n) is 1.44. The van der Waals surface area contributed by atoms with Gasteiger partial charge in [-0.2, -0.15) is 5.10 Å². The number of nitrogens with zero attached hydrogens (tertiary/aromatic N) is 2. The van der Waals surface area contributed by atoms with Crippen LogP contribution in [0, 0.1) is 12.8 Å². The topological polar surface area (TPSA) is 55.1 Å². The molecular formula is C10H15BrN2O2. The molecule has 0 aliphatic rings. The lowest BCUT2D eigenvalue weighted by Crippen LogP contribution is -2.15. The molecule has 0 aliphatic carbocycles. The molecule has 1 rings (SSSR count). The van der Waals surface area contributed by atoms with Crippen molar-refractivity contribution in [2.75, 3.05) is 0 Å². The zero-order valence-corrected chi connectivity index (χ0v) is 10.7. The van der Waals surface area contributed by atoms with Crippen molar-refractivity contribution >= 4 is 21.9 Å². The third-order valence-electron chi connectivity index (χ3n) is 2.37. The largest absolute Gasteiger partial charge is 0.481 e. The molecule has 84 valence electrons. The highest BCUT2D eigenvalue weighted by atomic mass is 79.9. The Morgan fingerprint density at radius 3 is 2.73 bits per heavy atom. The van der Waals surface area contributed by atoms with Gasteiger partial charge in [0.1, 0.15) is 0 Å². The van der Waals surface area contributed by atoms with E-state index < -0.39 is 5.97 Å². The summed E-state index contributed by atoms with van der Waals surface area (Å²) in [7, 11) is 0. The average molecular weight is 275 g/mol. The van der Waals surface area contributed by atoms with E-state index >= 15 is 0 Å². The zero-order valence-electron chi connectivity index (χ0n) is 9.12. The lowest BCUT2D eigenvalue weighted by atomic mass is 10.1. The maximum atomic E-state index is 10.8. The molecule has 0 aromatic carbocycles. The molecule has 0 radical (unpaired) electrons. The number of aryl methyl sites for hydroxylation is 2. The highest BCUT2D eigenvalue weighted by Gasteiger charge is 2.18. The third-order valence-corrected chi connectivity index (χ3v) is 3.41. The van der Waals surface area contributed by atoms with E-state index in [4.69, 9.17) is 5.11 Å². The van der Waals surface area contributed by atoms with Crippen LogP contribution in [0.2, 0.25) is 0 Å². The second-order valence-corrected chi connectivity index (χ2v) is 4.40. The van der Waals surface area contributed by atoms with Crippen LogP contribution in [0.3, 0.4) is 0 Å². The number of hydrogen-bond donors (Lipinski definition) is 1. The molecule has 0 fully saturated rings. The molecule has 5 heteroatoms. The van der Waals surface area contributed by atoms with Gasteiger partial charge in [-0.1, -0.05) is 6.92 Å². The normalized spacial score (nSPS) is 12.8. The summed E-state index contributed by atoms with van der Waals surface area (Å²) in [5.74, 6) is -1.16. The molecule has 1 unspecified atom stereocenters. The van der Waals surface area contributed by atoms with Gasteiger partial charge in [0, 0.05) is 13.0 Å². The fourth-order valence-corrected chi connectivity index (χ4v) is 1.89. The second kappa shape index (κ2) is 4.79. The van der Waals surface area contributed by atoms with Crippen molar-refractivity contribution < 1.29 is 9.90 Å². The molecule has 1 aromatic rings. The van der Waals surface area contributed by atoms with E-state index in [2.05, 4.69) is 21.0 Å². The van der Waals surface area contributed by atoms with Crippen LogP contribution in [-0.4, -0.2) is 20.9 Å². The first-order valence-corrected chi connectivity index (χ1v) is 5.71. The molecule has 1 aromatic heterocycles. The number of carboxylic acid groups (broad SMARTS) is 1. The molecule has 15 heavy (non-hydrogen) atoms. The number of aromatic nitrogens is 2. The van der Waals surface area contributed by atoms with E-state index in [1.807, 2.05) is 18.5 Å². The average Bonchev–Trinajstić information content (AvgIpc) is 2.45. The first-order chi connectivity index (χ1) is 6.97. The van der Waals surface area contributed by atoms with Crippen LogP contribution >= 0.6 is 15.9 Å². The van der Waals surface area contributed by atoms with Crippen molar-refractivity contribution in [2.45, 2.75) is 33.7 Å². The van der Waals surface area contributed by atoms with Crippen LogP contribution in [0.4, 0.5) is 0 Å². The summed E-state index contributed by atoms with van der Waals surface area (Å²) >= 11 is 3.44.